The summed E-state index contributed by atoms with van der Waals surface area (Å²) in [6.07, 6.45) is 3.32. The lowest BCUT2D eigenvalue weighted by molar-refractivity contribution is 0.0984. The molecular formula is C17H15BrO. The summed E-state index contributed by atoms with van der Waals surface area (Å²) >= 11 is 3.54. The molecule has 0 amide bonds. The van der Waals surface area contributed by atoms with E-state index >= 15 is 0 Å². The first-order chi connectivity index (χ1) is 9.27. The van der Waals surface area contributed by atoms with Crippen LogP contribution in [0.15, 0.2) is 66.7 Å². The summed E-state index contributed by atoms with van der Waals surface area (Å²) in [4.78, 5) is 11.9. The zero-order valence-corrected chi connectivity index (χ0v) is 12.1. The molecule has 0 fully saturated rings. The smallest absolute Gasteiger partial charge is 0.163 e. The summed E-state index contributed by atoms with van der Waals surface area (Å²) < 4.78 is 1.04. The van der Waals surface area contributed by atoms with Crippen molar-refractivity contribution in [1.82, 2.24) is 0 Å². The average molecular weight is 315 g/mol. The number of carbonyl (C=O) groups is 1. The minimum absolute atomic E-state index is 0.185. The normalized spacial score (nSPS) is 11.3. The molecule has 0 saturated heterocycles. The van der Waals surface area contributed by atoms with Crippen LogP contribution in [0, 0.1) is 0 Å². The Kier molecular flexibility index (Phi) is 5.10. The monoisotopic (exact) mass is 314 g/mol. The second-order valence-electron chi connectivity index (χ2n) is 4.25. The number of Topliss-reactive ketones (excluding diaryl/α,β-unsaturated/α-hetero) is 1. The third-order valence-corrected chi connectivity index (χ3v) is 3.62. The zero-order chi connectivity index (χ0) is 13.5. The van der Waals surface area contributed by atoms with Crippen molar-refractivity contribution in [2.75, 3.05) is 0 Å². The highest BCUT2D eigenvalue weighted by molar-refractivity contribution is 9.15. The predicted molar refractivity (Wildman–Crippen MR) is 83.4 cm³/mol. The molecule has 0 aliphatic heterocycles. The Hall–Kier alpha value is -1.67. The fraction of sp³-hybridized carbons (Fsp3) is 0.118. The lowest BCUT2D eigenvalue weighted by atomic mass is 10.1. The lowest BCUT2D eigenvalue weighted by Crippen LogP contribution is -1.97. The molecule has 2 rings (SSSR count). The van der Waals surface area contributed by atoms with Gasteiger partial charge in [0.25, 0.3) is 0 Å². The lowest BCUT2D eigenvalue weighted by Gasteiger charge is -2.00. The first-order valence-electron chi connectivity index (χ1n) is 6.26. The summed E-state index contributed by atoms with van der Waals surface area (Å²) in [5, 5.41) is 0. The van der Waals surface area contributed by atoms with Crippen LogP contribution in [0.4, 0.5) is 0 Å². The van der Waals surface area contributed by atoms with E-state index in [9.17, 15) is 4.79 Å². The van der Waals surface area contributed by atoms with Crippen LogP contribution in [-0.2, 0) is 0 Å². The van der Waals surface area contributed by atoms with Crippen molar-refractivity contribution in [1.29, 1.82) is 0 Å². The van der Waals surface area contributed by atoms with Gasteiger partial charge in [0.15, 0.2) is 5.78 Å². The molecule has 0 unspecified atom stereocenters. The molecule has 0 aliphatic carbocycles. The minimum Gasteiger partial charge on any atom is -0.294 e. The number of hydrogen-bond acceptors (Lipinski definition) is 1. The van der Waals surface area contributed by atoms with Crippen LogP contribution in [0.3, 0.4) is 0 Å². The van der Waals surface area contributed by atoms with E-state index in [2.05, 4.69) is 22.0 Å². The van der Waals surface area contributed by atoms with Gasteiger partial charge in [-0.1, -0.05) is 82.7 Å². The van der Waals surface area contributed by atoms with Crippen LogP contribution in [0.5, 0.6) is 0 Å². The van der Waals surface area contributed by atoms with Crippen molar-refractivity contribution in [3.63, 3.8) is 0 Å². The Morgan fingerprint density at radius 3 is 2.00 bits per heavy atom. The Morgan fingerprint density at radius 1 is 0.895 bits per heavy atom. The zero-order valence-electron chi connectivity index (χ0n) is 10.6. The van der Waals surface area contributed by atoms with Crippen molar-refractivity contribution in [3.8, 4) is 0 Å². The second-order valence-corrected chi connectivity index (χ2v) is 5.10. The quantitative estimate of drug-likeness (QED) is 0.703. The minimum atomic E-state index is 0.185. The van der Waals surface area contributed by atoms with E-state index in [4.69, 9.17) is 0 Å². The molecule has 19 heavy (non-hydrogen) atoms. The number of rotatable bonds is 5. The van der Waals surface area contributed by atoms with Crippen LogP contribution in [0.2, 0.25) is 0 Å². The molecule has 96 valence electrons. The summed E-state index contributed by atoms with van der Waals surface area (Å²) in [5.74, 6) is 0.185. The first-order valence-corrected chi connectivity index (χ1v) is 7.06. The van der Waals surface area contributed by atoms with E-state index in [1.54, 1.807) is 0 Å². The number of carbonyl (C=O) groups excluding carboxylic acids is 1. The van der Waals surface area contributed by atoms with E-state index in [1.165, 1.54) is 0 Å². The molecule has 0 bridgehead atoms. The van der Waals surface area contributed by atoms with Gasteiger partial charge in [-0.3, -0.25) is 4.79 Å². The van der Waals surface area contributed by atoms with Crippen molar-refractivity contribution in [3.05, 3.63) is 77.9 Å². The molecule has 0 aromatic heterocycles. The van der Waals surface area contributed by atoms with Crippen molar-refractivity contribution in [2.24, 2.45) is 0 Å². The topological polar surface area (TPSA) is 17.1 Å². The van der Waals surface area contributed by atoms with Gasteiger partial charge in [-0.25, -0.2) is 0 Å². The predicted octanol–water partition coefficient (Wildman–Crippen LogP) is 5.09. The molecule has 2 heteroatoms. The molecule has 1 nitrogen and oxygen atoms in total. The summed E-state index contributed by atoms with van der Waals surface area (Å²) in [5.41, 5.74) is 1.92. The van der Waals surface area contributed by atoms with E-state index in [-0.39, 0.29) is 5.78 Å². The largest absolute Gasteiger partial charge is 0.294 e. The molecule has 0 N–H and O–H groups in total. The van der Waals surface area contributed by atoms with Gasteiger partial charge in [-0.15, -0.1) is 0 Å². The molecule has 0 heterocycles. The first kappa shape index (κ1) is 13.8. The number of halogens is 1. The third-order valence-electron chi connectivity index (χ3n) is 2.84. The van der Waals surface area contributed by atoms with Crippen molar-refractivity contribution >= 4 is 26.2 Å². The molecule has 0 radical (unpaired) electrons. The van der Waals surface area contributed by atoms with Crippen LogP contribution >= 0.6 is 15.9 Å². The average Bonchev–Trinajstić information content (AvgIpc) is 2.49. The van der Waals surface area contributed by atoms with Crippen molar-refractivity contribution in [2.45, 2.75) is 12.8 Å². The third kappa shape index (κ3) is 4.18. The molecule has 0 atom stereocenters. The Bertz CT molecular complexity index is 558. The fourth-order valence-corrected chi connectivity index (χ4v) is 2.31. The van der Waals surface area contributed by atoms with Gasteiger partial charge in [0.1, 0.15) is 0 Å². The van der Waals surface area contributed by atoms with E-state index < -0.39 is 0 Å². The number of hydrogen-bond donors (Lipinski definition) is 0. The highest BCUT2D eigenvalue weighted by atomic mass is 79.9. The van der Waals surface area contributed by atoms with Gasteiger partial charge in [0, 0.05) is 16.5 Å². The standard InChI is InChI=1S/C17H15BrO/c18-16(14-8-3-1-4-9-14)12-7-13-17(19)15-10-5-2-6-11-15/h1-6,8-12H,7,13H2/b16-12-. The molecular weight excluding hydrogens is 300 g/mol. The van der Waals surface area contributed by atoms with Crippen LogP contribution in [-0.4, -0.2) is 5.78 Å². The summed E-state index contributed by atoms with van der Waals surface area (Å²) in [7, 11) is 0. The highest BCUT2D eigenvalue weighted by Gasteiger charge is 2.03. The second kappa shape index (κ2) is 7.05. The molecule has 0 aliphatic rings. The maximum Gasteiger partial charge on any atom is 0.163 e. The summed E-state index contributed by atoms with van der Waals surface area (Å²) in [6.45, 7) is 0. The van der Waals surface area contributed by atoms with Gasteiger partial charge >= 0.3 is 0 Å². The molecule has 0 spiro atoms. The molecule has 0 saturated carbocycles. The van der Waals surface area contributed by atoms with Crippen LogP contribution < -0.4 is 0 Å². The maximum absolute atomic E-state index is 11.9. The van der Waals surface area contributed by atoms with E-state index in [0.717, 1.165) is 22.0 Å². The van der Waals surface area contributed by atoms with Gasteiger partial charge in [0.05, 0.1) is 0 Å². The van der Waals surface area contributed by atoms with Crippen molar-refractivity contribution < 1.29 is 4.79 Å². The summed E-state index contributed by atoms with van der Waals surface area (Å²) in [6, 6.07) is 19.5. The Morgan fingerprint density at radius 2 is 1.42 bits per heavy atom. The molecule has 2 aromatic carbocycles. The Balaban J connectivity index is 1.92. The maximum atomic E-state index is 11.9. The number of allylic oxidation sites excluding steroid dienone is 1. The van der Waals surface area contributed by atoms with Gasteiger partial charge in [-0.2, -0.15) is 0 Å². The Labute approximate surface area is 122 Å². The van der Waals surface area contributed by atoms with E-state index in [0.29, 0.717) is 6.42 Å². The highest BCUT2D eigenvalue weighted by Crippen LogP contribution is 2.21. The van der Waals surface area contributed by atoms with Gasteiger partial charge < -0.3 is 0 Å². The number of benzene rings is 2. The van der Waals surface area contributed by atoms with Gasteiger partial charge in [-0.05, 0) is 12.0 Å². The SMILES string of the molecule is O=C(CC/C=C(\Br)c1ccccc1)c1ccccc1. The molecule has 2 aromatic rings. The van der Waals surface area contributed by atoms with Crippen LogP contribution in [0.25, 0.3) is 4.48 Å². The van der Waals surface area contributed by atoms with E-state index in [1.807, 2.05) is 60.7 Å². The van der Waals surface area contributed by atoms with Crippen LogP contribution in [0.1, 0.15) is 28.8 Å². The number of ketones is 1. The fourth-order valence-electron chi connectivity index (χ4n) is 1.81. The van der Waals surface area contributed by atoms with Gasteiger partial charge in [0.2, 0.25) is 0 Å².